The summed E-state index contributed by atoms with van der Waals surface area (Å²) in [5.41, 5.74) is 0. The Hall–Kier alpha value is 0.0500. The SMILES string of the molecule is C=CCSC1([O])CCCCC1. The molecule has 0 saturated heterocycles. The van der Waals surface area contributed by atoms with Crippen LogP contribution in [0.25, 0.3) is 0 Å². The van der Waals surface area contributed by atoms with Crippen molar-refractivity contribution in [2.24, 2.45) is 0 Å². The average Bonchev–Trinajstić information content (AvgIpc) is 2.03. The first-order valence-corrected chi connectivity index (χ1v) is 5.21. The Kier molecular flexibility index (Phi) is 3.46. The van der Waals surface area contributed by atoms with Gasteiger partial charge in [-0.15, -0.1) is 18.3 Å². The fourth-order valence-electron chi connectivity index (χ4n) is 1.45. The monoisotopic (exact) mass is 171 g/mol. The van der Waals surface area contributed by atoms with Gasteiger partial charge in [0.25, 0.3) is 0 Å². The van der Waals surface area contributed by atoms with E-state index >= 15 is 0 Å². The van der Waals surface area contributed by atoms with Crippen molar-refractivity contribution in [1.29, 1.82) is 0 Å². The Morgan fingerprint density at radius 3 is 2.55 bits per heavy atom. The Balaban J connectivity index is 2.30. The standard InChI is InChI=1S/C9H15OS/c1-2-8-11-9(10)6-4-3-5-7-9/h2H,1,3-8H2. The van der Waals surface area contributed by atoms with E-state index in [-0.39, 0.29) is 0 Å². The third kappa shape index (κ3) is 2.88. The van der Waals surface area contributed by atoms with Crippen LogP contribution in [0.1, 0.15) is 32.1 Å². The lowest BCUT2D eigenvalue weighted by Crippen LogP contribution is -2.25. The molecule has 0 aromatic rings. The molecule has 0 aliphatic heterocycles. The molecule has 1 radical (unpaired) electrons. The van der Waals surface area contributed by atoms with Crippen LogP contribution in [-0.2, 0) is 5.11 Å². The largest absolute Gasteiger partial charge is 0.218 e. The molecule has 0 aromatic carbocycles. The van der Waals surface area contributed by atoms with Crippen LogP contribution in [0.2, 0.25) is 0 Å². The third-order valence-electron chi connectivity index (χ3n) is 2.08. The van der Waals surface area contributed by atoms with Gasteiger partial charge >= 0.3 is 0 Å². The van der Waals surface area contributed by atoms with Crippen molar-refractivity contribution >= 4 is 11.8 Å². The zero-order valence-corrected chi connectivity index (χ0v) is 7.66. The van der Waals surface area contributed by atoms with Crippen molar-refractivity contribution in [3.05, 3.63) is 12.7 Å². The van der Waals surface area contributed by atoms with Gasteiger partial charge in [-0.3, -0.25) is 0 Å². The quantitative estimate of drug-likeness (QED) is 0.472. The Morgan fingerprint density at radius 1 is 1.36 bits per heavy atom. The topological polar surface area (TPSA) is 19.9 Å². The highest BCUT2D eigenvalue weighted by Gasteiger charge is 2.30. The molecule has 1 aliphatic rings. The first-order valence-electron chi connectivity index (χ1n) is 4.22. The first-order chi connectivity index (χ1) is 5.27. The number of hydrogen-bond donors (Lipinski definition) is 0. The predicted octanol–water partition coefficient (Wildman–Crippen LogP) is 3.00. The van der Waals surface area contributed by atoms with Crippen LogP contribution in [0.5, 0.6) is 0 Å². The summed E-state index contributed by atoms with van der Waals surface area (Å²) in [6, 6.07) is 0. The lowest BCUT2D eigenvalue weighted by molar-refractivity contribution is 0.0236. The van der Waals surface area contributed by atoms with E-state index in [4.69, 9.17) is 0 Å². The highest BCUT2D eigenvalue weighted by Crippen LogP contribution is 2.37. The summed E-state index contributed by atoms with van der Waals surface area (Å²) in [7, 11) is 0. The molecule has 0 spiro atoms. The van der Waals surface area contributed by atoms with Crippen LogP contribution in [0.15, 0.2) is 12.7 Å². The van der Waals surface area contributed by atoms with Crippen LogP contribution in [-0.4, -0.2) is 10.7 Å². The highest BCUT2D eigenvalue weighted by atomic mass is 32.2. The van der Waals surface area contributed by atoms with Crippen molar-refractivity contribution in [2.45, 2.75) is 37.0 Å². The molecule has 0 unspecified atom stereocenters. The molecule has 0 atom stereocenters. The molecule has 2 heteroatoms. The molecule has 63 valence electrons. The summed E-state index contributed by atoms with van der Waals surface area (Å²) in [6.07, 6.45) is 7.01. The molecular weight excluding hydrogens is 156 g/mol. The highest BCUT2D eigenvalue weighted by molar-refractivity contribution is 8.00. The van der Waals surface area contributed by atoms with Crippen molar-refractivity contribution in [1.82, 2.24) is 0 Å². The van der Waals surface area contributed by atoms with E-state index in [0.29, 0.717) is 0 Å². The van der Waals surface area contributed by atoms with Crippen LogP contribution in [0.3, 0.4) is 0 Å². The van der Waals surface area contributed by atoms with Crippen molar-refractivity contribution in [2.75, 3.05) is 5.75 Å². The maximum absolute atomic E-state index is 11.8. The number of thioether (sulfide) groups is 1. The Morgan fingerprint density at radius 2 is 2.00 bits per heavy atom. The molecule has 1 aliphatic carbocycles. The Bertz CT molecular complexity index is 128. The van der Waals surface area contributed by atoms with Crippen LogP contribution in [0.4, 0.5) is 0 Å². The predicted molar refractivity (Wildman–Crippen MR) is 49.2 cm³/mol. The van der Waals surface area contributed by atoms with E-state index in [1.165, 1.54) is 18.2 Å². The molecule has 0 N–H and O–H groups in total. The normalized spacial score (nSPS) is 23.0. The first kappa shape index (κ1) is 9.14. The second-order valence-electron chi connectivity index (χ2n) is 3.07. The van der Waals surface area contributed by atoms with Gasteiger partial charge in [0.1, 0.15) is 4.93 Å². The molecule has 0 aromatic heterocycles. The van der Waals surface area contributed by atoms with Gasteiger partial charge in [0, 0.05) is 5.75 Å². The molecule has 0 heterocycles. The maximum Gasteiger partial charge on any atom is 0.149 e. The second-order valence-corrected chi connectivity index (χ2v) is 4.44. The minimum Gasteiger partial charge on any atom is -0.218 e. The van der Waals surface area contributed by atoms with Gasteiger partial charge in [-0.25, -0.2) is 5.11 Å². The van der Waals surface area contributed by atoms with Crippen molar-refractivity contribution < 1.29 is 5.11 Å². The van der Waals surface area contributed by atoms with E-state index in [1.807, 2.05) is 6.08 Å². The van der Waals surface area contributed by atoms with E-state index in [9.17, 15) is 5.11 Å². The summed E-state index contributed by atoms with van der Waals surface area (Å²) in [6.45, 7) is 3.62. The van der Waals surface area contributed by atoms with E-state index < -0.39 is 4.93 Å². The zero-order valence-electron chi connectivity index (χ0n) is 6.84. The minimum atomic E-state index is -0.674. The summed E-state index contributed by atoms with van der Waals surface area (Å²) < 4.78 is 0. The molecular formula is C9H15OS. The van der Waals surface area contributed by atoms with Gasteiger partial charge in [-0.1, -0.05) is 12.5 Å². The van der Waals surface area contributed by atoms with Crippen molar-refractivity contribution in [3.8, 4) is 0 Å². The molecule has 0 amide bonds. The second kappa shape index (κ2) is 4.17. The molecule has 1 rings (SSSR count). The lowest BCUT2D eigenvalue weighted by atomic mass is 9.97. The van der Waals surface area contributed by atoms with Crippen molar-refractivity contribution in [3.63, 3.8) is 0 Å². The summed E-state index contributed by atoms with van der Waals surface area (Å²) in [4.78, 5) is -0.674. The average molecular weight is 171 g/mol. The van der Waals surface area contributed by atoms with Gasteiger partial charge in [-0.2, -0.15) is 0 Å². The van der Waals surface area contributed by atoms with Crippen LogP contribution in [0, 0.1) is 0 Å². The molecule has 0 bridgehead atoms. The van der Waals surface area contributed by atoms with Gasteiger partial charge in [0.2, 0.25) is 0 Å². The molecule has 1 saturated carbocycles. The minimum absolute atomic E-state index is 0.674. The fourth-order valence-corrected chi connectivity index (χ4v) is 2.44. The number of hydrogen-bond acceptors (Lipinski definition) is 1. The molecule has 11 heavy (non-hydrogen) atoms. The zero-order chi connectivity index (χ0) is 8.16. The maximum atomic E-state index is 11.8. The van der Waals surface area contributed by atoms with Gasteiger partial charge in [0.05, 0.1) is 0 Å². The van der Waals surface area contributed by atoms with E-state index in [1.54, 1.807) is 0 Å². The van der Waals surface area contributed by atoms with E-state index in [0.717, 1.165) is 31.4 Å². The summed E-state index contributed by atoms with van der Waals surface area (Å²) >= 11 is 1.53. The van der Waals surface area contributed by atoms with Gasteiger partial charge in [-0.05, 0) is 25.7 Å². The summed E-state index contributed by atoms with van der Waals surface area (Å²) in [5.74, 6) is 0.809. The smallest absolute Gasteiger partial charge is 0.149 e. The number of rotatable bonds is 3. The lowest BCUT2D eigenvalue weighted by Gasteiger charge is -2.28. The van der Waals surface area contributed by atoms with Crippen LogP contribution >= 0.6 is 11.8 Å². The third-order valence-corrected chi connectivity index (χ3v) is 3.42. The fraction of sp³-hybridized carbons (Fsp3) is 0.778. The van der Waals surface area contributed by atoms with E-state index in [2.05, 4.69) is 6.58 Å². The van der Waals surface area contributed by atoms with Gasteiger partial charge in [0.15, 0.2) is 0 Å². The molecule has 1 fully saturated rings. The Labute approximate surface area is 72.9 Å². The van der Waals surface area contributed by atoms with Crippen LogP contribution < -0.4 is 0 Å². The molecule has 1 nitrogen and oxygen atoms in total. The summed E-state index contributed by atoms with van der Waals surface area (Å²) in [5, 5.41) is 11.8. The van der Waals surface area contributed by atoms with Gasteiger partial charge < -0.3 is 0 Å².